The Balaban J connectivity index is 2.30. The van der Waals surface area contributed by atoms with E-state index in [1.165, 1.54) is 0 Å². The maximum atomic E-state index is 5.70. The van der Waals surface area contributed by atoms with Crippen LogP contribution in [0.25, 0.3) is 11.3 Å². The lowest BCUT2D eigenvalue weighted by Gasteiger charge is -2.12. The molecule has 0 spiro atoms. The molecular formula is C13H18N4. The molecule has 1 unspecified atom stereocenters. The molecular weight excluding hydrogens is 212 g/mol. The van der Waals surface area contributed by atoms with Crippen LogP contribution < -0.4 is 5.73 Å². The van der Waals surface area contributed by atoms with Gasteiger partial charge in [-0.2, -0.15) is 0 Å². The van der Waals surface area contributed by atoms with Crippen molar-refractivity contribution in [2.24, 2.45) is 5.92 Å². The first-order chi connectivity index (χ1) is 8.20. The summed E-state index contributed by atoms with van der Waals surface area (Å²) in [5.74, 6) is 1.18. The van der Waals surface area contributed by atoms with Crippen LogP contribution in [0.5, 0.6) is 0 Å². The monoisotopic (exact) mass is 230 g/mol. The van der Waals surface area contributed by atoms with Crippen LogP contribution in [0.1, 0.15) is 20.3 Å². The molecule has 1 atom stereocenters. The van der Waals surface area contributed by atoms with Gasteiger partial charge in [0.25, 0.3) is 0 Å². The lowest BCUT2D eigenvalue weighted by molar-refractivity contribution is 0.471. The van der Waals surface area contributed by atoms with E-state index in [1.807, 2.05) is 24.7 Å². The van der Waals surface area contributed by atoms with Gasteiger partial charge >= 0.3 is 0 Å². The molecule has 0 aliphatic rings. The highest BCUT2D eigenvalue weighted by molar-refractivity contribution is 5.61. The summed E-state index contributed by atoms with van der Waals surface area (Å²) in [4.78, 5) is 8.22. The molecule has 2 N–H and O–H groups in total. The van der Waals surface area contributed by atoms with Gasteiger partial charge in [0.2, 0.25) is 0 Å². The summed E-state index contributed by atoms with van der Waals surface area (Å²) in [6, 6.07) is 3.84. The number of nitrogens with two attached hydrogens (primary N) is 1. The number of anilines is 1. The Morgan fingerprint density at radius 1 is 1.47 bits per heavy atom. The van der Waals surface area contributed by atoms with Crippen molar-refractivity contribution < 1.29 is 0 Å². The van der Waals surface area contributed by atoms with Gasteiger partial charge in [-0.25, -0.2) is 9.97 Å². The van der Waals surface area contributed by atoms with Crippen molar-refractivity contribution in [3.63, 3.8) is 0 Å². The van der Waals surface area contributed by atoms with Crippen molar-refractivity contribution in [3.8, 4) is 11.3 Å². The molecule has 4 nitrogen and oxygen atoms in total. The molecule has 2 rings (SSSR count). The van der Waals surface area contributed by atoms with Crippen LogP contribution in [0.3, 0.4) is 0 Å². The number of hydrogen-bond acceptors (Lipinski definition) is 3. The number of pyridine rings is 1. The molecule has 0 aliphatic heterocycles. The second-order valence-corrected chi connectivity index (χ2v) is 4.41. The topological polar surface area (TPSA) is 56.7 Å². The van der Waals surface area contributed by atoms with E-state index in [-0.39, 0.29) is 0 Å². The molecule has 0 saturated carbocycles. The Kier molecular flexibility index (Phi) is 3.42. The molecule has 2 heterocycles. The van der Waals surface area contributed by atoms with Crippen LogP contribution >= 0.6 is 0 Å². The summed E-state index contributed by atoms with van der Waals surface area (Å²) in [5.41, 5.74) is 7.87. The molecule has 0 bridgehead atoms. The summed E-state index contributed by atoms with van der Waals surface area (Å²) in [7, 11) is 0. The largest absolute Gasteiger partial charge is 0.384 e. The molecule has 17 heavy (non-hydrogen) atoms. The first kappa shape index (κ1) is 11.6. The quantitative estimate of drug-likeness (QED) is 0.878. The zero-order valence-electron chi connectivity index (χ0n) is 10.3. The number of rotatable bonds is 4. The van der Waals surface area contributed by atoms with Crippen LogP contribution in [0.4, 0.5) is 5.82 Å². The lowest BCUT2D eigenvalue weighted by atomic mass is 10.1. The third kappa shape index (κ3) is 2.64. The fourth-order valence-electron chi connectivity index (χ4n) is 1.78. The van der Waals surface area contributed by atoms with Crippen LogP contribution in [0, 0.1) is 5.92 Å². The Bertz CT molecular complexity index is 490. The van der Waals surface area contributed by atoms with Crippen molar-refractivity contribution in [2.45, 2.75) is 26.8 Å². The van der Waals surface area contributed by atoms with Crippen LogP contribution in [-0.4, -0.2) is 14.5 Å². The van der Waals surface area contributed by atoms with Gasteiger partial charge in [0, 0.05) is 18.3 Å². The van der Waals surface area contributed by atoms with Gasteiger partial charge < -0.3 is 10.3 Å². The minimum Gasteiger partial charge on any atom is -0.384 e. The Morgan fingerprint density at radius 3 is 3.00 bits per heavy atom. The molecule has 0 saturated heterocycles. The Labute approximate surface area is 102 Å². The average Bonchev–Trinajstić information content (AvgIpc) is 2.77. The number of hydrogen-bond donors (Lipinski definition) is 1. The van der Waals surface area contributed by atoms with Gasteiger partial charge in [-0.15, -0.1) is 0 Å². The van der Waals surface area contributed by atoms with Gasteiger partial charge in [0.1, 0.15) is 5.82 Å². The maximum Gasteiger partial charge on any atom is 0.123 e. The van der Waals surface area contributed by atoms with Gasteiger partial charge in [0.05, 0.1) is 18.2 Å². The van der Waals surface area contributed by atoms with Crippen LogP contribution in [-0.2, 0) is 6.54 Å². The Hall–Kier alpha value is -1.84. The highest BCUT2D eigenvalue weighted by Crippen LogP contribution is 2.21. The summed E-state index contributed by atoms with van der Waals surface area (Å²) in [5, 5.41) is 0. The van der Waals surface area contributed by atoms with Gasteiger partial charge in [-0.1, -0.05) is 20.3 Å². The van der Waals surface area contributed by atoms with Crippen LogP contribution in [0.2, 0.25) is 0 Å². The normalized spacial score (nSPS) is 12.6. The second-order valence-electron chi connectivity index (χ2n) is 4.41. The number of aromatic nitrogens is 3. The summed E-state index contributed by atoms with van der Waals surface area (Å²) < 4.78 is 2.17. The van der Waals surface area contributed by atoms with Crippen molar-refractivity contribution >= 4 is 5.82 Å². The molecule has 0 amide bonds. The van der Waals surface area contributed by atoms with Crippen molar-refractivity contribution in [1.29, 1.82) is 0 Å². The van der Waals surface area contributed by atoms with E-state index in [0.717, 1.165) is 24.2 Å². The summed E-state index contributed by atoms with van der Waals surface area (Å²) in [6.07, 6.45) is 6.64. The zero-order chi connectivity index (χ0) is 12.3. The smallest absolute Gasteiger partial charge is 0.123 e. The third-order valence-electron chi connectivity index (χ3n) is 2.99. The van der Waals surface area contributed by atoms with Crippen molar-refractivity contribution in [1.82, 2.24) is 14.5 Å². The molecule has 0 radical (unpaired) electrons. The number of nitrogens with zero attached hydrogens (tertiary/aromatic N) is 3. The van der Waals surface area contributed by atoms with E-state index >= 15 is 0 Å². The minimum atomic E-state index is 0.541. The second kappa shape index (κ2) is 4.99. The molecule has 4 heteroatoms. The highest BCUT2D eigenvalue weighted by Gasteiger charge is 2.08. The predicted octanol–water partition coefficient (Wildman–Crippen LogP) is 2.57. The van der Waals surface area contributed by atoms with E-state index in [2.05, 4.69) is 28.4 Å². The molecule has 0 aliphatic carbocycles. The van der Waals surface area contributed by atoms with Gasteiger partial charge in [-0.3, -0.25) is 0 Å². The van der Waals surface area contributed by atoms with Gasteiger partial charge in [0.15, 0.2) is 0 Å². The summed E-state index contributed by atoms with van der Waals surface area (Å²) >= 11 is 0. The fraction of sp³-hybridized carbons (Fsp3) is 0.385. The SMILES string of the molecule is CCC(C)Cn1cncc1-c1ccnc(N)c1. The average molecular weight is 230 g/mol. The van der Waals surface area contributed by atoms with Gasteiger partial charge in [-0.05, 0) is 18.1 Å². The number of imidazole rings is 1. The fourth-order valence-corrected chi connectivity index (χ4v) is 1.78. The highest BCUT2D eigenvalue weighted by atomic mass is 15.0. The first-order valence-electron chi connectivity index (χ1n) is 5.92. The van der Waals surface area contributed by atoms with E-state index in [1.54, 1.807) is 6.20 Å². The standard InChI is InChI=1S/C13H18N4/c1-3-10(2)8-17-9-15-7-12(17)11-4-5-16-13(14)6-11/h4-7,9-10H,3,8H2,1-2H3,(H2,14,16). The van der Waals surface area contributed by atoms with E-state index < -0.39 is 0 Å². The molecule has 2 aromatic heterocycles. The van der Waals surface area contributed by atoms with Crippen molar-refractivity contribution in [3.05, 3.63) is 30.9 Å². The van der Waals surface area contributed by atoms with E-state index in [9.17, 15) is 0 Å². The zero-order valence-corrected chi connectivity index (χ0v) is 10.3. The Morgan fingerprint density at radius 2 is 2.29 bits per heavy atom. The predicted molar refractivity (Wildman–Crippen MR) is 69.3 cm³/mol. The first-order valence-corrected chi connectivity index (χ1v) is 5.92. The lowest BCUT2D eigenvalue weighted by Crippen LogP contribution is -2.07. The third-order valence-corrected chi connectivity index (χ3v) is 2.99. The summed E-state index contributed by atoms with van der Waals surface area (Å²) in [6.45, 7) is 5.42. The molecule has 90 valence electrons. The molecule has 0 aromatic carbocycles. The number of nitrogen functional groups attached to an aromatic ring is 1. The maximum absolute atomic E-state index is 5.70. The molecule has 2 aromatic rings. The van der Waals surface area contributed by atoms with Crippen LogP contribution in [0.15, 0.2) is 30.9 Å². The van der Waals surface area contributed by atoms with Crippen molar-refractivity contribution in [2.75, 3.05) is 5.73 Å². The minimum absolute atomic E-state index is 0.541. The van der Waals surface area contributed by atoms with E-state index in [0.29, 0.717) is 11.7 Å². The molecule has 0 fully saturated rings. The van der Waals surface area contributed by atoms with E-state index in [4.69, 9.17) is 5.73 Å².